The molecule has 4 heterocycles. The van der Waals surface area contributed by atoms with Crippen LogP contribution in [-0.2, 0) is 23.2 Å². The normalized spacial score (nSPS) is 16.4. The Morgan fingerprint density at radius 1 is 1.23 bits per heavy atom. The number of likely N-dealkylation sites (tertiary alicyclic amines) is 1. The zero-order valence-corrected chi connectivity index (χ0v) is 22.6. The van der Waals surface area contributed by atoms with Crippen molar-refractivity contribution in [3.8, 4) is 11.4 Å². The molecule has 0 saturated carbocycles. The van der Waals surface area contributed by atoms with Crippen molar-refractivity contribution in [2.24, 2.45) is 0 Å². The minimum atomic E-state index is -0.760. The highest BCUT2D eigenvalue weighted by Crippen LogP contribution is 2.36. The second-order valence-corrected chi connectivity index (χ2v) is 10.3. The maximum atomic E-state index is 14.0. The summed E-state index contributed by atoms with van der Waals surface area (Å²) < 4.78 is 22.7. The number of urea groups is 1. The van der Waals surface area contributed by atoms with Crippen LogP contribution in [0.5, 0.6) is 5.75 Å². The molecule has 0 aliphatic carbocycles. The Morgan fingerprint density at radius 2 is 1.98 bits per heavy atom. The van der Waals surface area contributed by atoms with E-state index >= 15 is 0 Å². The Labute approximate surface area is 229 Å². The summed E-state index contributed by atoms with van der Waals surface area (Å²) in [6.07, 6.45) is 2.29. The summed E-state index contributed by atoms with van der Waals surface area (Å²) in [6.45, 7) is 3.20. The summed E-state index contributed by atoms with van der Waals surface area (Å²) in [5.41, 5.74) is -0.907. The van der Waals surface area contributed by atoms with E-state index in [1.165, 1.54) is 38.7 Å². The number of fused-ring (bicyclic) bond motifs is 2. The van der Waals surface area contributed by atoms with Crippen LogP contribution in [0.4, 0.5) is 9.18 Å². The number of halogens is 1. The van der Waals surface area contributed by atoms with Gasteiger partial charge in [-0.25, -0.2) is 23.8 Å². The fourth-order valence-corrected chi connectivity index (χ4v) is 5.26. The van der Waals surface area contributed by atoms with Crippen LogP contribution in [0.2, 0.25) is 0 Å². The van der Waals surface area contributed by atoms with Gasteiger partial charge in [-0.1, -0.05) is 6.07 Å². The molecule has 2 aromatic heterocycles. The van der Waals surface area contributed by atoms with Crippen molar-refractivity contribution < 1.29 is 23.8 Å². The van der Waals surface area contributed by atoms with Gasteiger partial charge in [-0.2, -0.15) is 5.10 Å². The average molecular weight is 555 g/mol. The topological polar surface area (TPSA) is 148 Å². The molecule has 0 atom stereocenters. The van der Waals surface area contributed by atoms with Crippen LogP contribution in [-0.4, -0.2) is 91.6 Å². The fraction of sp³-hybridized carbons (Fsp3) is 0.462. The van der Waals surface area contributed by atoms with Gasteiger partial charge in [-0.05, 0) is 37.5 Å². The lowest BCUT2D eigenvalue weighted by atomic mass is 9.78. The Morgan fingerprint density at radius 3 is 2.65 bits per heavy atom. The van der Waals surface area contributed by atoms with E-state index in [-0.39, 0.29) is 32.3 Å². The molecule has 2 aliphatic heterocycles. The number of carbonyl (C=O) groups is 2. The number of aromatic nitrogens is 5. The molecule has 1 aromatic carbocycles. The van der Waals surface area contributed by atoms with Crippen molar-refractivity contribution in [3.05, 3.63) is 63.6 Å². The van der Waals surface area contributed by atoms with Crippen LogP contribution >= 0.6 is 0 Å². The highest BCUT2D eigenvalue weighted by Gasteiger charge is 2.43. The van der Waals surface area contributed by atoms with Crippen LogP contribution < -0.4 is 10.9 Å². The second-order valence-electron chi connectivity index (χ2n) is 10.3. The van der Waals surface area contributed by atoms with E-state index in [1.807, 2.05) is 0 Å². The van der Waals surface area contributed by atoms with Gasteiger partial charge < -0.3 is 25.0 Å². The first-order chi connectivity index (χ1) is 19.1. The number of hydrogen-bond donors (Lipinski definition) is 2. The summed E-state index contributed by atoms with van der Waals surface area (Å²) in [5.74, 6) is -1.12. The number of amides is 3. The number of rotatable bonds is 4. The van der Waals surface area contributed by atoms with Crippen LogP contribution in [0.15, 0.2) is 29.3 Å². The first-order valence-electron chi connectivity index (χ1n) is 12.9. The van der Waals surface area contributed by atoms with Crippen molar-refractivity contribution in [1.82, 2.24) is 39.4 Å². The molecule has 5 rings (SSSR count). The lowest BCUT2D eigenvalue weighted by Crippen LogP contribution is -2.51. The van der Waals surface area contributed by atoms with Crippen molar-refractivity contribution in [1.29, 1.82) is 0 Å². The maximum Gasteiger partial charge on any atom is 0.319 e. The lowest BCUT2D eigenvalue weighted by Gasteiger charge is -2.41. The van der Waals surface area contributed by atoms with Gasteiger partial charge in [0, 0.05) is 33.7 Å². The molecular weight excluding hydrogens is 523 g/mol. The van der Waals surface area contributed by atoms with Crippen molar-refractivity contribution in [2.45, 2.75) is 38.3 Å². The molecule has 13 nitrogen and oxygen atoms in total. The molecule has 2 N–H and O–H groups in total. The molecule has 0 bridgehead atoms. The minimum absolute atomic E-state index is 0.0524. The molecule has 212 valence electrons. The van der Waals surface area contributed by atoms with Gasteiger partial charge in [0.1, 0.15) is 23.8 Å². The van der Waals surface area contributed by atoms with E-state index in [4.69, 9.17) is 4.74 Å². The van der Waals surface area contributed by atoms with E-state index < -0.39 is 34.1 Å². The van der Waals surface area contributed by atoms with Crippen LogP contribution in [0, 0.1) is 12.7 Å². The van der Waals surface area contributed by atoms with Gasteiger partial charge in [0.15, 0.2) is 5.69 Å². The monoisotopic (exact) mass is 554 g/mol. The molecular formula is C26H31FN8O5. The summed E-state index contributed by atoms with van der Waals surface area (Å²) in [7, 11) is 3.38. The largest absolute Gasteiger partial charge is 0.501 e. The molecule has 3 aromatic rings. The third-order valence-electron chi connectivity index (χ3n) is 7.48. The van der Waals surface area contributed by atoms with E-state index in [2.05, 4.69) is 20.4 Å². The van der Waals surface area contributed by atoms with Crippen LogP contribution in [0.1, 0.15) is 40.5 Å². The van der Waals surface area contributed by atoms with Gasteiger partial charge in [-0.3, -0.25) is 14.2 Å². The van der Waals surface area contributed by atoms with Crippen LogP contribution in [0.3, 0.4) is 0 Å². The Bertz CT molecular complexity index is 1510. The van der Waals surface area contributed by atoms with Crippen LogP contribution in [0.25, 0.3) is 5.69 Å². The standard InChI is InChI=1S/C26H31FN8O5/c1-16-29-15-30-35(16)19-12-18(27)5-4-17(19)13-28-22(37)20-21(36)23(38)34-10-11-40-14-26(24(34)31-20)6-8-33(9-7-26)25(39)32(2)3/h4-5,12,15,36H,6-11,13-14H2,1-3H3,(H,28,37). The van der Waals surface area contributed by atoms with E-state index in [0.717, 1.165) is 0 Å². The number of nitrogens with one attached hydrogen (secondary N) is 1. The molecule has 0 radical (unpaired) electrons. The number of nitrogens with zero attached hydrogens (tertiary/aromatic N) is 7. The van der Waals surface area contributed by atoms with Gasteiger partial charge in [0.25, 0.3) is 11.5 Å². The Hall–Kier alpha value is -4.33. The predicted molar refractivity (Wildman–Crippen MR) is 140 cm³/mol. The van der Waals surface area contributed by atoms with E-state index in [9.17, 15) is 23.9 Å². The van der Waals surface area contributed by atoms with E-state index in [0.29, 0.717) is 48.8 Å². The highest BCUT2D eigenvalue weighted by molar-refractivity contribution is 5.94. The molecule has 1 saturated heterocycles. The second kappa shape index (κ2) is 10.7. The molecule has 1 spiro atoms. The molecule has 14 heteroatoms. The van der Waals surface area contributed by atoms with E-state index in [1.54, 1.807) is 25.9 Å². The SMILES string of the molecule is Cc1ncnn1-c1cc(F)ccc1CNC(=O)c1nc2n(c(=O)c1O)CCOCC21CCN(C(=O)N(C)C)CC1. The molecule has 2 aliphatic rings. The van der Waals surface area contributed by atoms with Gasteiger partial charge in [0.2, 0.25) is 5.75 Å². The number of ether oxygens (including phenoxy) is 1. The van der Waals surface area contributed by atoms with Gasteiger partial charge >= 0.3 is 6.03 Å². The molecule has 3 amide bonds. The smallest absolute Gasteiger partial charge is 0.319 e. The van der Waals surface area contributed by atoms with Crippen molar-refractivity contribution >= 4 is 11.9 Å². The van der Waals surface area contributed by atoms with Crippen molar-refractivity contribution in [2.75, 3.05) is 40.4 Å². The third-order valence-corrected chi connectivity index (χ3v) is 7.48. The number of benzene rings is 1. The Balaban J connectivity index is 1.44. The molecule has 40 heavy (non-hydrogen) atoms. The summed E-state index contributed by atoms with van der Waals surface area (Å²) >= 11 is 0. The predicted octanol–water partition coefficient (Wildman–Crippen LogP) is 0.953. The quantitative estimate of drug-likeness (QED) is 0.485. The zero-order valence-electron chi connectivity index (χ0n) is 22.6. The Kier molecular flexibility index (Phi) is 7.27. The van der Waals surface area contributed by atoms with Gasteiger partial charge in [-0.15, -0.1) is 0 Å². The summed E-state index contributed by atoms with van der Waals surface area (Å²) in [4.78, 5) is 50.9. The number of piperidine rings is 1. The fourth-order valence-electron chi connectivity index (χ4n) is 5.26. The third kappa shape index (κ3) is 4.90. The first kappa shape index (κ1) is 27.2. The zero-order chi connectivity index (χ0) is 28.6. The number of carbonyl (C=O) groups excluding carboxylic acids is 2. The number of hydrogen-bond acceptors (Lipinski definition) is 8. The molecule has 0 unspecified atom stereocenters. The van der Waals surface area contributed by atoms with Gasteiger partial charge in [0.05, 0.1) is 30.9 Å². The molecule has 1 fully saturated rings. The average Bonchev–Trinajstić information content (AvgIpc) is 3.29. The maximum absolute atomic E-state index is 14.0. The number of aromatic hydroxyl groups is 1. The first-order valence-corrected chi connectivity index (χ1v) is 12.9. The number of aryl methyl sites for hydroxylation is 1. The highest BCUT2D eigenvalue weighted by atomic mass is 19.1. The summed E-state index contributed by atoms with van der Waals surface area (Å²) in [5, 5.41) is 17.5. The van der Waals surface area contributed by atoms with Crippen molar-refractivity contribution in [3.63, 3.8) is 0 Å². The summed E-state index contributed by atoms with van der Waals surface area (Å²) in [6, 6.07) is 3.95. The lowest BCUT2D eigenvalue weighted by molar-refractivity contribution is 0.0554. The minimum Gasteiger partial charge on any atom is -0.501 e.